The zero-order valence-corrected chi connectivity index (χ0v) is 15.8. The van der Waals surface area contributed by atoms with Gasteiger partial charge >= 0.3 is 0 Å². The van der Waals surface area contributed by atoms with Crippen LogP contribution in [0, 0.1) is 17.3 Å². The summed E-state index contributed by atoms with van der Waals surface area (Å²) < 4.78 is 0.946. The molecule has 3 aliphatic heterocycles. The molecule has 4 rings (SSSR count). The number of imide groups is 1. The quantitative estimate of drug-likeness (QED) is 0.732. The molecule has 2 fully saturated rings. The molecule has 2 amide bonds. The highest BCUT2D eigenvalue weighted by Crippen LogP contribution is 2.48. The largest absolute Gasteiger partial charge is 0.353 e. The van der Waals surface area contributed by atoms with Crippen molar-refractivity contribution in [1.29, 1.82) is 0 Å². The molecular formula is C19H19BrN2O3. The molecule has 1 aromatic carbocycles. The number of fused-ring (bicyclic) bond motifs is 5. The highest BCUT2D eigenvalue weighted by molar-refractivity contribution is 9.10. The molecule has 25 heavy (non-hydrogen) atoms. The van der Waals surface area contributed by atoms with Gasteiger partial charge in [-0.2, -0.15) is 0 Å². The Labute approximate surface area is 154 Å². The van der Waals surface area contributed by atoms with E-state index in [1.807, 2.05) is 56.0 Å². The van der Waals surface area contributed by atoms with Crippen molar-refractivity contribution in [3.63, 3.8) is 0 Å². The van der Waals surface area contributed by atoms with Crippen molar-refractivity contribution in [2.45, 2.75) is 32.9 Å². The normalized spacial score (nSPS) is 30.0. The molecule has 0 radical (unpaired) electrons. The molecule has 2 saturated heterocycles. The molecule has 3 heterocycles. The number of rotatable bonds is 1. The third kappa shape index (κ3) is 2.30. The average Bonchev–Trinajstić information content (AvgIpc) is 3.01. The van der Waals surface area contributed by atoms with Crippen LogP contribution >= 0.6 is 15.9 Å². The van der Waals surface area contributed by atoms with Crippen LogP contribution in [0.3, 0.4) is 0 Å². The lowest BCUT2D eigenvalue weighted by Gasteiger charge is -2.38. The van der Waals surface area contributed by atoms with Gasteiger partial charge in [0.2, 0.25) is 11.8 Å². The number of Topliss-reactive ketones (excluding diaryl/α,β-unsaturated/α-hetero) is 1. The van der Waals surface area contributed by atoms with Crippen LogP contribution in [0.4, 0.5) is 5.69 Å². The van der Waals surface area contributed by atoms with Gasteiger partial charge < -0.3 is 4.90 Å². The SMILES string of the molecule is CC(C)(C)C(=O)[C@H]1[C@H]2C(=O)NC(=O)[C@@H]2[C@H]2C=Cc3cc(Br)ccc3N21. The maximum atomic E-state index is 13.2. The summed E-state index contributed by atoms with van der Waals surface area (Å²) in [5.41, 5.74) is 1.27. The molecule has 1 N–H and O–H groups in total. The molecule has 0 aliphatic carbocycles. The topological polar surface area (TPSA) is 66.5 Å². The Hall–Kier alpha value is -1.95. The van der Waals surface area contributed by atoms with Gasteiger partial charge in [0.1, 0.15) is 6.04 Å². The third-order valence-electron chi connectivity index (χ3n) is 5.32. The molecule has 0 saturated carbocycles. The highest BCUT2D eigenvalue weighted by Gasteiger charge is 2.62. The van der Waals surface area contributed by atoms with Crippen molar-refractivity contribution in [2.24, 2.45) is 17.3 Å². The fourth-order valence-corrected chi connectivity index (χ4v) is 4.58. The lowest BCUT2D eigenvalue weighted by atomic mass is 9.79. The van der Waals surface area contributed by atoms with Gasteiger partial charge in [-0.1, -0.05) is 48.9 Å². The number of amides is 2. The van der Waals surface area contributed by atoms with Gasteiger partial charge in [0.25, 0.3) is 0 Å². The second-order valence-electron chi connectivity index (χ2n) is 7.92. The zero-order valence-electron chi connectivity index (χ0n) is 14.2. The Balaban J connectivity index is 1.90. The van der Waals surface area contributed by atoms with E-state index in [0.717, 1.165) is 15.7 Å². The van der Waals surface area contributed by atoms with Crippen molar-refractivity contribution in [1.82, 2.24) is 5.32 Å². The van der Waals surface area contributed by atoms with Crippen molar-refractivity contribution in [3.8, 4) is 0 Å². The van der Waals surface area contributed by atoms with Crippen molar-refractivity contribution in [3.05, 3.63) is 34.3 Å². The first-order chi connectivity index (χ1) is 11.7. The summed E-state index contributed by atoms with van der Waals surface area (Å²) in [4.78, 5) is 40.1. The number of benzene rings is 1. The molecule has 130 valence electrons. The van der Waals surface area contributed by atoms with E-state index >= 15 is 0 Å². The van der Waals surface area contributed by atoms with E-state index in [1.54, 1.807) is 0 Å². The van der Waals surface area contributed by atoms with Crippen molar-refractivity contribution in [2.75, 3.05) is 4.90 Å². The molecule has 0 unspecified atom stereocenters. The predicted molar refractivity (Wildman–Crippen MR) is 97.8 cm³/mol. The maximum absolute atomic E-state index is 13.2. The smallest absolute Gasteiger partial charge is 0.233 e. The first-order valence-corrected chi connectivity index (χ1v) is 9.14. The molecule has 5 nitrogen and oxygen atoms in total. The van der Waals surface area contributed by atoms with E-state index in [9.17, 15) is 14.4 Å². The number of ketones is 1. The number of hydrogen-bond acceptors (Lipinski definition) is 4. The summed E-state index contributed by atoms with van der Waals surface area (Å²) in [5, 5.41) is 2.42. The first-order valence-electron chi connectivity index (χ1n) is 8.35. The van der Waals surface area contributed by atoms with Crippen LogP contribution in [-0.2, 0) is 14.4 Å². The van der Waals surface area contributed by atoms with E-state index in [0.29, 0.717) is 0 Å². The molecule has 0 bridgehead atoms. The number of nitrogens with one attached hydrogen (secondary N) is 1. The molecule has 4 atom stereocenters. The standard InChI is InChI=1S/C19H19BrN2O3/c1-19(2,3)16(23)15-14-13(17(24)21-18(14)25)12-6-4-9-8-10(20)5-7-11(9)22(12)15/h4-8,12-15H,1-3H3,(H,21,24,25)/t12-,13-,14+,15-/m1/s1. The van der Waals surface area contributed by atoms with Gasteiger partial charge in [-0.3, -0.25) is 19.7 Å². The summed E-state index contributed by atoms with van der Waals surface area (Å²) in [7, 11) is 0. The van der Waals surface area contributed by atoms with E-state index in [-0.39, 0.29) is 23.6 Å². The fourth-order valence-electron chi connectivity index (χ4n) is 4.21. The van der Waals surface area contributed by atoms with Gasteiger partial charge in [0.05, 0.1) is 17.9 Å². The summed E-state index contributed by atoms with van der Waals surface area (Å²) >= 11 is 3.47. The van der Waals surface area contributed by atoms with E-state index in [4.69, 9.17) is 0 Å². The molecule has 3 aliphatic rings. The lowest BCUT2D eigenvalue weighted by Crippen LogP contribution is -2.50. The second kappa shape index (κ2) is 5.27. The van der Waals surface area contributed by atoms with Crippen LogP contribution in [0.25, 0.3) is 6.08 Å². The molecule has 6 heteroatoms. The van der Waals surface area contributed by atoms with Crippen LogP contribution in [0.15, 0.2) is 28.7 Å². The van der Waals surface area contributed by atoms with E-state index in [2.05, 4.69) is 21.2 Å². The van der Waals surface area contributed by atoms with Crippen molar-refractivity contribution >= 4 is 45.3 Å². The van der Waals surface area contributed by atoms with Gasteiger partial charge in [-0.15, -0.1) is 0 Å². The number of halogens is 1. The number of carbonyl (C=O) groups excluding carboxylic acids is 3. The first kappa shape index (κ1) is 16.5. The highest BCUT2D eigenvalue weighted by atomic mass is 79.9. The Morgan fingerprint density at radius 1 is 1.16 bits per heavy atom. The monoisotopic (exact) mass is 402 g/mol. The lowest BCUT2D eigenvalue weighted by molar-refractivity contribution is -0.132. The Morgan fingerprint density at radius 3 is 2.52 bits per heavy atom. The zero-order chi connectivity index (χ0) is 18.1. The van der Waals surface area contributed by atoms with E-state index in [1.165, 1.54) is 0 Å². The summed E-state index contributed by atoms with van der Waals surface area (Å²) in [6, 6.07) is 4.94. The Bertz CT molecular complexity index is 840. The Morgan fingerprint density at radius 2 is 1.84 bits per heavy atom. The number of hydrogen-bond donors (Lipinski definition) is 1. The van der Waals surface area contributed by atoms with Crippen LogP contribution in [0.2, 0.25) is 0 Å². The minimum Gasteiger partial charge on any atom is -0.353 e. The second-order valence-corrected chi connectivity index (χ2v) is 8.84. The number of anilines is 1. The van der Waals surface area contributed by atoms with Crippen LogP contribution < -0.4 is 10.2 Å². The molecular weight excluding hydrogens is 384 g/mol. The summed E-state index contributed by atoms with van der Waals surface area (Å²) in [5.74, 6) is -1.78. The number of nitrogens with zero attached hydrogens (tertiary/aromatic N) is 1. The predicted octanol–water partition coefficient (Wildman–Crippen LogP) is 2.54. The summed E-state index contributed by atoms with van der Waals surface area (Å²) in [6.45, 7) is 5.57. The third-order valence-corrected chi connectivity index (χ3v) is 5.81. The van der Waals surface area contributed by atoms with Crippen LogP contribution in [0.5, 0.6) is 0 Å². The molecule has 0 spiro atoms. The van der Waals surface area contributed by atoms with Crippen LogP contribution in [0.1, 0.15) is 26.3 Å². The molecule has 1 aromatic rings. The van der Waals surface area contributed by atoms with Crippen molar-refractivity contribution < 1.29 is 14.4 Å². The van der Waals surface area contributed by atoms with Gasteiger partial charge in [0, 0.05) is 15.6 Å². The van der Waals surface area contributed by atoms with Crippen LogP contribution in [-0.4, -0.2) is 29.7 Å². The number of carbonyl (C=O) groups is 3. The Kier molecular flexibility index (Phi) is 3.48. The van der Waals surface area contributed by atoms with Gasteiger partial charge in [0.15, 0.2) is 5.78 Å². The maximum Gasteiger partial charge on any atom is 0.233 e. The fraction of sp³-hybridized carbons (Fsp3) is 0.421. The van der Waals surface area contributed by atoms with Gasteiger partial charge in [-0.25, -0.2) is 0 Å². The average molecular weight is 403 g/mol. The van der Waals surface area contributed by atoms with Gasteiger partial charge in [-0.05, 0) is 23.8 Å². The van der Waals surface area contributed by atoms with E-state index < -0.39 is 23.3 Å². The minimum absolute atomic E-state index is 0.0148. The summed E-state index contributed by atoms with van der Waals surface area (Å²) in [6.07, 6.45) is 3.92. The molecule has 0 aromatic heterocycles. The minimum atomic E-state index is -0.636.